The zero-order chi connectivity index (χ0) is 17.1. The zero-order valence-electron chi connectivity index (χ0n) is 12.4. The summed E-state index contributed by atoms with van der Waals surface area (Å²) in [6.45, 7) is 1.73. The Morgan fingerprint density at radius 1 is 1.08 bits per heavy atom. The molecule has 0 fully saturated rings. The SMILES string of the molecule is Cc1cc(NC(=O)c2cnc(Nc3cc(Cl)cc(Cl)c3)nc2)no1. The average Bonchev–Trinajstić information content (AvgIpc) is 2.92. The van der Waals surface area contributed by atoms with Crippen LogP contribution in [0.15, 0.2) is 41.2 Å². The summed E-state index contributed by atoms with van der Waals surface area (Å²) < 4.78 is 4.88. The van der Waals surface area contributed by atoms with Gasteiger partial charge in [-0.1, -0.05) is 28.4 Å². The summed E-state index contributed by atoms with van der Waals surface area (Å²) in [6.07, 6.45) is 2.79. The van der Waals surface area contributed by atoms with E-state index in [0.29, 0.717) is 33.3 Å². The third kappa shape index (κ3) is 4.01. The Morgan fingerprint density at radius 2 is 1.75 bits per heavy atom. The van der Waals surface area contributed by atoms with Crippen molar-refractivity contribution >= 4 is 46.6 Å². The van der Waals surface area contributed by atoms with Gasteiger partial charge in [0.2, 0.25) is 5.95 Å². The van der Waals surface area contributed by atoms with E-state index in [1.807, 2.05) is 0 Å². The molecule has 7 nitrogen and oxygen atoms in total. The van der Waals surface area contributed by atoms with Crippen LogP contribution in [0.25, 0.3) is 0 Å². The molecule has 2 heterocycles. The minimum atomic E-state index is -0.388. The molecule has 2 aromatic heterocycles. The maximum atomic E-state index is 12.1. The van der Waals surface area contributed by atoms with Gasteiger partial charge in [0.05, 0.1) is 5.56 Å². The van der Waals surface area contributed by atoms with Gasteiger partial charge in [-0.05, 0) is 25.1 Å². The Labute approximate surface area is 147 Å². The lowest BCUT2D eigenvalue weighted by Crippen LogP contribution is -2.13. The fourth-order valence-corrected chi connectivity index (χ4v) is 2.40. The summed E-state index contributed by atoms with van der Waals surface area (Å²) in [5, 5.41) is 10.2. The molecule has 9 heteroatoms. The van der Waals surface area contributed by atoms with Gasteiger partial charge in [-0.2, -0.15) is 0 Å². The summed E-state index contributed by atoms with van der Waals surface area (Å²) in [4.78, 5) is 20.2. The molecule has 3 aromatic rings. The summed E-state index contributed by atoms with van der Waals surface area (Å²) in [7, 11) is 0. The monoisotopic (exact) mass is 363 g/mol. The van der Waals surface area contributed by atoms with E-state index in [1.54, 1.807) is 31.2 Å². The number of aryl methyl sites for hydroxylation is 1. The van der Waals surface area contributed by atoms with Crippen LogP contribution in [0.2, 0.25) is 10.0 Å². The van der Waals surface area contributed by atoms with Crippen LogP contribution in [0.5, 0.6) is 0 Å². The summed E-state index contributed by atoms with van der Waals surface area (Å²) >= 11 is 11.9. The lowest BCUT2D eigenvalue weighted by molar-refractivity contribution is 0.102. The molecule has 0 unspecified atom stereocenters. The highest BCUT2D eigenvalue weighted by Crippen LogP contribution is 2.24. The molecule has 0 aliphatic carbocycles. The topological polar surface area (TPSA) is 92.9 Å². The van der Waals surface area contributed by atoms with Crippen molar-refractivity contribution in [2.75, 3.05) is 10.6 Å². The lowest BCUT2D eigenvalue weighted by atomic mass is 10.3. The van der Waals surface area contributed by atoms with Crippen LogP contribution < -0.4 is 10.6 Å². The van der Waals surface area contributed by atoms with Gasteiger partial charge in [0.25, 0.3) is 5.91 Å². The zero-order valence-corrected chi connectivity index (χ0v) is 13.9. The van der Waals surface area contributed by atoms with Crippen molar-refractivity contribution in [1.29, 1.82) is 0 Å². The molecule has 1 amide bonds. The molecule has 0 saturated heterocycles. The van der Waals surface area contributed by atoms with Crippen molar-refractivity contribution in [2.24, 2.45) is 0 Å². The minimum Gasteiger partial charge on any atom is -0.360 e. The Morgan fingerprint density at radius 3 is 2.33 bits per heavy atom. The fourth-order valence-electron chi connectivity index (χ4n) is 1.88. The van der Waals surface area contributed by atoms with Gasteiger partial charge in [0, 0.05) is 34.2 Å². The van der Waals surface area contributed by atoms with Crippen molar-refractivity contribution in [1.82, 2.24) is 15.1 Å². The molecule has 0 saturated carbocycles. The van der Waals surface area contributed by atoms with Gasteiger partial charge in [-0.15, -0.1) is 0 Å². The molecular weight excluding hydrogens is 353 g/mol. The predicted molar refractivity (Wildman–Crippen MR) is 91.0 cm³/mol. The number of rotatable bonds is 4. The minimum absolute atomic E-state index is 0.283. The number of benzene rings is 1. The van der Waals surface area contributed by atoms with Crippen LogP contribution in [0.3, 0.4) is 0 Å². The third-order valence-electron chi connectivity index (χ3n) is 2.90. The van der Waals surface area contributed by atoms with E-state index in [9.17, 15) is 4.79 Å². The van der Waals surface area contributed by atoms with Crippen LogP contribution in [0, 0.1) is 6.92 Å². The number of carbonyl (C=O) groups excluding carboxylic acids is 1. The molecular formula is C15H11Cl2N5O2. The van der Waals surface area contributed by atoms with Crippen LogP contribution in [-0.4, -0.2) is 21.0 Å². The Bertz CT molecular complexity index is 860. The molecule has 0 bridgehead atoms. The quantitative estimate of drug-likeness (QED) is 0.725. The Hall–Kier alpha value is -2.64. The number of halogens is 2. The number of carbonyl (C=O) groups is 1. The van der Waals surface area contributed by atoms with Crippen LogP contribution in [0.1, 0.15) is 16.1 Å². The molecule has 122 valence electrons. The van der Waals surface area contributed by atoms with E-state index in [-0.39, 0.29) is 11.5 Å². The molecule has 0 spiro atoms. The summed E-state index contributed by atoms with van der Waals surface area (Å²) in [6, 6.07) is 6.60. The highest BCUT2D eigenvalue weighted by atomic mass is 35.5. The first-order valence-corrected chi connectivity index (χ1v) is 7.55. The van der Waals surface area contributed by atoms with Crippen molar-refractivity contribution in [3.63, 3.8) is 0 Å². The number of nitrogens with one attached hydrogen (secondary N) is 2. The molecule has 0 atom stereocenters. The third-order valence-corrected chi connectivity index (χ3v) is 3.34. The first kappa shape index (κ1) is 16.2. The molecule has 0 radical (unpaired) electrons. The second-order valence-corrected chi connectivity index (χ2v) is 5.73. The standard InChI is InChI=1S/C15H11Cl2N5O2/c1-8-2-13(22-24-8)21-14(23)9-6-18-15(19-7-9)20-12-4-10(16)3-11(17)5-12/h2-7H,1H3,(H,18,19,20)(H,21,22,23). The highest BCUT2D eigenvalue weighted by Gasteiger charge is 2.10. The van der Waals surface area contributed by atoms with Crippen LogP contribution >= 0.6 is 23.2 Å². The van der Waals surface area contributed by atoms with E-state index in [4.69, 9.17) is 27.7 Å². The number of hydrogen-bond acceptors (Lipinski definition) is 6. The van der Waals surface area contributed by atoms with Crippen molar-refractivity contribution < 1.29 is 9.32 Å². The van der Waals surface area contributed by atoms with Gasteiger partial charge in [-0.25, -0.2) is 9.97 Å². The largest absolute Gasteiger partial charge is 0.360 e. The maximum Gasteiger partial charge on any atom is 0.260 e. The number of hydrogen-bond donors (Lipinski definition) is 2. The van der Waals surface area contributed by atoms with E-state index in [2.05, 4.69) is 25.8 Å². The lowest BCUT2D eigenvalue weighted by Gasteiger charge is -2.06. The van der Waals surface area contributed by atoms with Gasteiger partial charge < -0.3 is 15.2 Å². The number of amides is 1. The van der Waals surface area contributed by atoms with Crippen LogP contribution in [-0.2, 0) is 0 Å². The fraction of sp³-hybridized carbons (Fsp3) is 0.0667. The Balaban J connectivity index is 1.69. The molecule has 3 rings (SSSR count). The molecule has 1 aromatic carbocycles. The summed E-state index contributed by atoms with van der Waals surface area (Å²) in [5.41, 5.74) is 0.924. The maximum absolute atomic E-state index is 12.1. The number of aromatic nitrogens is 3. The van der Waals surface area contributed by atoms with Crippen molar-refractivity contribution in [3.8, 4) is 0 Å². The number of nitrogens with zero attached hydrogens (tertiary/aromatic N) is 3. The van der Waals surface area contributed by atoms with Gasteiger partial charge in [0.15, 0.2) is 5.82 Å². The van der Waals surface area contributed by atoms with E-state index < -0.39 is 0 Å². The number of anilines is 3. The van der Waals surface area contributed by atoms with Gasteiger partial charge >= 0.3 is 0 Å². The van der Waals surface area contributed by atoms with Crippen molar-refractivity contribution in [3.05, 3.63) is 58.0 Å². The van der Waals surface area contributed by atoms with E-state index >= 15 is 0 Å². The molecule has 0 aliphatic rings. The van der Waals surface area contributed by atoms with Crippen LogP contribution in [0.4, 0.5) is 17.5 Å². The molecule has 2 N–H and O–H groups in total. The molecule has 24 heavy (non-hydrogen) atoms. The summed E-state index contributed by atoms with van der Waals surface area (Å²) in [5.74, 6) is 0.845. The normalized spacial score (nSPS) is 10.5. The second-order valence-electron chi connectivity index (χ2n) is 4.86. The first-order chi connectivity index (χ1) is 11.5. The Kier molecular flexibility index (Phi) is 4.64. The highest BCUT2D eigenvalue weighted by molar-refractivity contribution is 6.35. The smallest absolute Gasteiger partial charge is 0.260 e. The van der Waals surface area contributed by atoms with Gasteiger partial charge in [0.1, 0.15) is 5.76 Å². The average molecular weight is 364 g/mol. The van der Waals surface area contributed by atoms with Gasteiger partial charge in [-0.3, -0.25) is 4.79 Å². The van der Waals surface area contributed by atoms with Crippen molar-refractivity contribution in [2.45, 2.75) is 6.92 Å². The first-order valence-electron chi connectivity index (χ1n) is 6.79. The second kappa shape index (κ2) is 6.86. The van der Waals surface area contributed by atoms with E-state index in [1.165, 1.54) is 12.4 Å². The predicted octanol–water partition coefficient (Wildman–Crippen LogP) is 4.08. The van der Waals surface area contributed by atoms with E-state index in [0.717, 1.165) is 0 Å². The molecule has 0 aliphatic heterocycles.